The van der Waals surface area contributed by atoms with Crippen LogP contribution in [0.4, 0.5) is 17.5 Å². The zero-order valence-electron chi connectivity index (χ0n) is 11.3. The third kappa shape index (κ3) is 3.10. The molecule has 1 aromatic rings. The van der Waals surface area contributed by atoms with Crippen LogP contribution in [0.3, 0.4) is 0 Å². The number of hydrogen-bond donors (Lipinski definition) is 2. The Morgan fingerprint density at radius 2 is 2.05 bits per heavy atom. The van der Waals surface area contributed by atoms with E-state index in [0.29, 0.717) is 24.0 Å². The van der Waals surface area contributed by atoms with Gasteiger partial charge in [0.25, 0.3) is 0 Å². The predicted molar refractivity (Wildman–Crippen MR) is 73.5 cm³/mol. The van der Waals surface area contributed by atoms with Gasteiger partial charge in [-0.1, -0.05) is 12.8 Å². The highest BCUT2D eigenvalue weighted by atomic mass is 16.6. The first kappa shape index (κ1) is 13.5. The van der Waals surface area contributed by atoms with E-state index in [1.807, 2.05) is 6.92 Å². The van der Waals surface area contributed by atoms with Crippen molar-refractivity contribution in [3.8, 4) is 0 Å². The van der Waals surface area contributed by atoms with Gasteiger partial charge >= 0.3 is 5.69 Å². The van der Waals surface area contributed by atoms with Gasteiger partial charge in [-0.2, -0.15) is 4.98 Å². The average Bonchev–Trinajstić information content (AvgIpc) is 2.81. The van der Waals surface area contributed by atoms with Crippen molar-refractivity contribution in [3.63, 3.8) is 0 Å². The largest absolute Gasteiger partial charge is 0.361 e. The summed E-state index contributed by atoms with van der Waals surface area (Å²) in [6.45, 7) is 4.25. The fourth-order valence-electron chi connectivity index (χ4n) is 2.39. The van der Waals surface area contributed by atoms with Crippen LogP contribution in [0.1, 0.15) is 38.3 Å². The Bertz CT molecular complexity index is 471. The number of nitrogens with one attached hydrogen (secondary N) is 2. The number of rotatable bonds is 5. The Kier molecular flexibility index (Phi) is 4.13. The van der Waals surface area contributed by atoms with E-state index < -0.39 is 4.92 Å². The molecule has 0 aromatic carbocycles. The fraction of sp³-hybridized carbons (Fsp3) is 0.667. The first-order valence-electron chi connectivity index (χ1n) is 6.65. The molecule has 0 aliphatic heterocycles. The van der Waals surface area contributed by atoms with Crippen molar-refractivity contribution in [1.29, 1.82) is 0 Å². The van der Waals surface area contributed by atoms with E-state index in [9.17, 15) is 10.1 Å². The number of aryl methyl sites for hydroxylation is 1. The SMILES string of the molecule is CCNc1nc(C)c([N+](=O)[O-])c(NC2CCCC2)n1. The number of nitrogens with zero attached hydrogens (tertiary/aromatic N) is 3. The van der Waals surface area contributed by atoms with Crippen LogP contribution in [0.5, 0.6) is 0 Å². The summed E-state index contributed by atoms with van der Waals surface area (Å²) in [6, 6.07) is 0.280. The summed E-state index contributed by atoms with van der Waals surface area (Å²) in [7, 11) is 0. The highest BCUT2D eigenvalue weighted by Crippen LogP contribution is 2.30. The van der Waals surface area contributed by atoms with Crippen LogP contribution in [0.2, 0.25) is 0 Å². The van der Waals surface area contributed by atoms with Crippen LogP contribution >= 0.6 is 0 Å². The highest BCUT2D eigenvalue weighted by Gasteiger charge is 2.25. The van der Waals surface area contributed by atoms with Crippen molar-refractivity contribution >= 4 is 17.5 Å². The Morgan fingerprint density at radius 3 is 2.63 bits per heavy atom. The normalized spacial score (nSPS) is 15.5. The number of nitro groups is 1. The molecule has 7 heteroatoms. The summed E-state index contributed by atoms with van der Waals surface area (Å²) < 4.78 is 0. The molecule has 1 fully saturated rings. The molecule has 19 heavy (non-hydrogen) atoms. The topological polar surface area (TPSA) is 93.0 Å². The van der Waals surface area contributed by atoms with Crippen molar-refractivity contribution < 1.29 is 4.92 Å². The second kappa shape index (κ2) is 5.81. The standard InChI is InChI=1S/C12H19N5O2/c1-3-13-12-14-8(2)10(17(18)19)11(16-12)15-9-6-4-5-7-9/h9H,3-7H2,1-2H3,(H2,13,14,15,16). The molecule has 0 saturated heterocycles. The minimum absolute atomic E-state index is 0.0199. The molecule has 2 N–H and O–H groups in total. The quantitative estimate of drug-likeness (QED) is 0.627. The third-order valence-corrected chi connectivity index (χ3v) is 3.27. The first-order valence-corrected chi connectivity index (χ1v) is 6.65. The molecule has 1 aliphatic rings. The van der Waals surface area contributed by atoms with Gasteiger partial charge in [0.15, 0.2) is 0 Å². The molecule has 1 aliphatic carbocycles. The molecule has 0 amide bonds. The maximum absolute atomic E-state index is 11.2. The maximum Gasteiger partial charge on any atom is 0.332 e. The summed E-state index contributed by atoms with van der Waals surface area (Å²) in [5, 5.41) is 17.3. The van der Waals surface area contributed by atoms with Crippen molar-refractivity contribution in [2.24, 2.45) is 0 Å². The summed E-state index contributed by atoms with van der Waals surface area (Å²) in [5.74, 6) is 0.770. The van der Waals surface area contributed by atoms with Crippen LogP contribution in [0.25, 0.3) is 0 Å². The lowest BCUT2D eigenvalue weighted by Crippen LogP contribution is -2.18. The summed E-state index contributed by atoms with van der Waals surface area (Å²) >= 11 is 0. The van der Waals surface area contributed by atoms with Crippen LogP contribution in [-0.4, -0.2) is 27.5 Å². The van der Waals surface area contributed by atoms with Gasteiger partial charge in [-0.05, 0) is 26.7 Å². The Labute approximate surface area is 112 Å². The molecule has 1 saturated carbocycles. The molecular weight excluding hydrogens is 246 g/mol. The first-order chi connectivity index (χ1) is 9.11. The Morgan fingerprint density at radius 1 is 1.37 bits per heavy atom. The predicted octanol–water partition coefficient (Wildman–Crippen LogP) is 2.48. The molecule has 104 valence electrons. The van der Waals surface area contributed by atoms with E-state index >= 15 is 0 Å². The van der Waals surface area contributed by atoms with Gasteiger partial charge in [0.1, 0.15) is 5.69 Å². The molecule has 1 aromatic heterocycles. The van der Waals surface area contributed by atoms with Gasteiger partial charge in [-0.3, -0.25) is 10.1 Å². The minimum Gasteiger partial charge on any atom is -0.361 e. The Hall–Kier alpha value is -1.92. The van der Waals surface area contributed by atoms with Crippen LogP contribution in [0.15, 0.2) is 0 Å². The van der Waals surface area contributed by atoms with Gasteiger partial charge in [0.2, 0.25) is 11.8 Å². The van der Waals surface area contributed by atoms with E-state index in [1.165, 1.54) is 0 Å². The molecule has 1 heterocycles. The lowest BCUT2D eigenvalue weighted by atomic mass is 10.2. The van der Waals surface area contributed by atoms with Crippen molar-refractivity contribution in [3.05, 3.63) is 15.8 Å². The second-order valence-electron chi connectivity index (χ2n) is 4.74. The third-order valence-electron chi connectivity index (χ3n) is 3.27. The van der Waals surface area contributed by atoms with Crippen LogP contribution in [0, 0.1) is 17.0 Å². The van der Waals surface area contributed by atoms with Crippen LogP contribution < -0.4 is 10.6 Å². The molecule has 7 nitrogen and oxygen atoms in total. The number of hydrogen-bond acceptors (Lipinski definition) is 6. The molecular formula is C12H19N5O2. The van der Waals surface area contributed by atoms with E-state index in [4.69, 9.17) is 0 Å². The molecule has 0 unspecified atom stereocenters. The average molecular weight is 265 g/mol. The maximum atomic E-state index is 11.2. The second-order valence-corrected chi connectivity index (χ2v) is 4.74. The summed E-state index contributed by atoms with van der Waals surface area (Å²) in [4.78, 5) is 19.1. The molecule has 0 atom stereocenters. The monoisotopic (exact) mass is 265 g/mol. The lowest BCUT2D eigenvalue weighted by molar-refractivity contribution is -0.385. The number of anilines is 2. The zero-order chi connectivity index (χ0) is 13.8. The minimum atomic E-state index is -0.414. The smallest absolute Gasteiger partial charge is 0.332 e. The van der Waals surface area contributed by atoms with Gasteiger partial charge < -0.3 is 10.6 Å². The molecule has 2 rings (SSSR count). The lowest BCUT2D eigenvalue weighted by Gasteiger charge is -2.14. The molecule has 0 spiro atoms. The molecule has 0 bridgehead atoms. The van der Waals surface area contributed by atoms with Crippen molar-refractivity contribution in [1.82, 2.24) is 9.97 Å². The van der Waals surface area contributed by atoms with Crippen LogP contribution in [-0.2, 0) is 0 Å². The summed E-state index contributed by atoms with van der Waals surface area (Å²) in [5.41, 5.74) is 0.366. The highest BCUT2D eigenvalue weighted by molar-refractivity contribution is 5.61. The van der Waals surface area contributed by atoms with Crippen molar-refractivity contribution in [2.45, 2.75) is 45.6 Å². The van der Waals surface area contributed by atoms with E-state index in [-0.39, 0.29) is 11.7 Å². The molecule has 0 radical (unpaired) electrons. The van der Waals surface area contributed by atoms with E-state index in [2.05, 4.69) is 20.6 Å². The van der Waals surface area contributed by atoms with E-state index in [1.54, 1.807) is 6.92 Å². The van der Waals surface area contributed by atoms with Gasteiger partial charge in [-0.25, -0.2) is 4.98 Å². The van der Waals surface area contributed by atoms with Crippen molar-refractivity contribution in [2.75, 3.05) is 17.2 Å². The zero-order valence-corrected chi connectivity index (χ0v) is 11.3. The summed E-state index contributed by atoms with van der Waals surface area (Å²) in [6.07, 6.45) is 4.40. The van der Waals surface area contributed by atoms with Gasteiger partial charge in [-0.15, -0.1) is 0 Å². The van der Waals surface area contributed by atoms with Gasteiger partial charge in [0, 0.05) is 12.6 Å². The fourth-order valence-corrected chi connectivity index (χ4v) is 2.39. The Balaban J connectivity index is 2.32. The number of aromatic nitrogens is 2. The van der Waals surface area contributed by atoms with Gasteiger partial charge in [0.05, 0.1) is 4.92 Å². The van der Waals surface area contributed by atoms with E-state index in [0.717, 1.165) is 25.7 Å².